The Kier molecular flexibility index (Phi) is 7.62. The highest BCUT2D eigenvalue weighted by Gasteiger charge is 2.20. The van der Waals surface area contributed by atoms with Crippen LogP contribution in [0.3, 0.4) is 0 Å². The average molecular weight is 333 g/mol. The van der Waals surface area contributed by atoms with Gasteiger partial charge in [-0.3, -0.25) is 0 Å². The zero-order valence-electron chi connectivity index (χ0n) is 14.4. The van der Waals surface area contributed by atoms with Crippen LogP contribution in [0.1, 0.15) is 31.2 Å². The van der Waals surface area contributed by atoms with E-state index < -0.39 is 6.16 Å². The summed E-state index contributed by atoms with van der Waals surface area (Å²) in [7, 11) is 2.07. The summed E-state index contributed by atoms with van der Waals surface area (Å²) in [6.45, 7) is 6.63. The van der Waals surface area contributed by atoms with Crippen molar-refractivity contribution in [3.05, 3.63) is 48.2 Å². The van der Waals surface area contributed by atoms with Gasteiger partial charge in [0.2, 0.25) is 0 Å². The molecule has 1 fully saturated rings. The number of allylic oxidation sites excluding steroid dienone is 1. The molecular weight excluding hydrogens is 306 g/mol. The van der Waals surface area contributed by atoms with Gasteiger partial charge in [0, 0.05) is 19.5 Å². The van der Waals surface area contributed by atoms with Crippen LogP contribution in [0, 0.1) is 0 Å². The lowest BCUT2D eigenvalue weighted by Gasteiger charge is -2.28. The summed E-state index contributed by atoms with van der Waals surface area (Å²) < 4.78 is 16.0. The number of piperidine rings is 1. The quantitative estimate of drug-likeness (QED) is 0.412. The predicted octanol–water partition coefficient (Wildman–Crippen LogP) is 3.74. The summed E-state index contributed by atoms with van der Waals surface area (Å²) in [5.74, 6) is 0.700. The van der Waals surface area contributed by atoms with E-state index in [1.165, 1.54) is 0 Å². The molecule has 0 aliphatic carbocycles. The number of likely N-dealkylation sites (tertiary alicyclic amines) is 1. The summed E-state index contributed by atoms with van der Waals surface area (Å²) in [4.78, 5) is 13.9. The van der Waals surface area contributed by atoms with Crippen LogP contribution in [0.5, 0.6) is 0 Å². The Hall–Kier alpha value is -2.01. The molecular formula is C19H27NO4. The first-order valence-electron chi connectivity index (χ1n) is 8.50. The molecule has 0 saturated carbocycles. The molecule has 1 heterocycles. The molecule has 1 aromatic rings. The molecule has 0 aromatic heterocycles. The molecule has 1 aliphatic heterocycles. The highest BCUT2D eigenvalue weighted by Crippen LogP contribution is 2.13. The summed E-state index contributed by atoms with van der Waals surface area (Å²) in [6.07, 6.45) is 2.49. The van der Waals surface area contributed by atoms with Gasteiger partial charge in [-0.15, -0.1) is 0 Å². The Morgan fingerprint density at radius 3 is 2.62 bits per heavy atom. The Labute approximate surface area is 144 Å². The van der Waals surface area contributed by atoms with Gasteiger partial charge in [-0.25, -0.2) is 4.79 Å². The molecule has 0 amide bonds. The van der Waals surface area contributed by atoms with Crippen LogP contribution in [-0.4, -0.2) is 43.9 Å². The number of hydrogen-bond donors (Lipinski definition) is 0. The lowest BCUT2D eigenvalue weighted by molar-refractivity contribution is 0.00198. The van der Waals surface area contributed by atoms with Crippen molar-refractivity contribution in [3.63, 3.8) is 0 Å². The summed E-state index contributed by atoms with van der Waals surface area (Å²) >= 11 is 0. The van der Waals surface area contributed by atoms with Gasteiger partial charge in [0.25, 0.3) is 0 Å². The molecule has 5 heteroatoms. The van der Waals surface area contributed by atoms with Crippen molar-refractivity contribution in [2.45, 2.75) is 38.4 Å². The maximum Gasteiger partial charge on any atom is 0.508 e. The first-order chi connectivity index (χ1) is 11.6. The Morgan fingerprint density at radius 1 is 1.21 bits per heavy atom. The van der Waals surface area contributed by atoms with Gasteiger partial charge in [-0.05, 0) is 31.9 Å². The van der Waals surface area contributed by atoms with E-state index in [1.54, 1.807) is 0 Å². The number of hydrogen-bond acceptors (Lipinski definition) is 5. The smallest absolute Gasteiger partial charge is 0.494 e. The van der Waals surface area contributed by atoms with E-state index in [1.807, 2.05) is 30.3 Å². The van der Waals surface area contributed by atoms with Crippen LogP contribution in [0.15, 0.2) is 42.7 Å². The van der Waals surface area contributed by atoms with Gasteiger partial charge in [-0.1, -0.05) is 36.9 Å². The molecule has 5 nitrogen and oxygen atoms in total. The molecule has 0 N–H and O–H groups in total. The molecule has 0 spiro atoms. The Bertz CT molecular complexity index is 509. The van der Waals surface area contributed by atoms with Crippen LogP contribution in [0.2, 0.25) is 0 Å². The van der Waals surface area contributed by atoms with E-state index in [0.717, 1.165) is 31.5 Å². The van der Waals surface area contributed by atoms with Crippen molar-refractivity contribution in [2.75, 3.05) is 26.7 Å². The van der Waals surface area contributed by atoms with E-state index in [9.17, 15) is 4.79 Å². The fourth-order valence-electron chi connectivity index (χ4n) is 2.53. The monoisotopic (exact) mass is 333 g/mol. The minimum atomic E-state index is -0.569. The number of ether oxygens (including phenoxy) is 3. The van der Waals surface area contributed by atoms with Gasteiger partial charge < -0.3 is 19.1 Å². The Balaban J connectivity index is 1.51. The summed E-state index contributed by atoms with van der Waals surface area (Å²) in [6, 6.07) is 9.95. The van der Waals surface area contributed by atoms with Crippen LogP contribution in [-0.2, 0) is 20.8 Å². The molecule has 0 bridgehead atoms. The van der Waals surface area contributed by atoms with Crippen LogP contribution < -0.4 is 0 Å². The fraction of sp³-hybridized carbons (Fsp3) is 0.526. The predicted molar refractivity (Wildman–Crippen MR) is 92.6 cm³/mol. The van der Waals surface area contributed by atoms with Gasteiger partial charge >= 0.3 is 6.16 Å². The fourth-order valence-corrected chi connectivity index (χ4v) is 2.53. The maximum absolute atomic E-state index is 11.6. The van der Waals surface area contributed by atoms with Crippen molar-refractivity contribution in [1.29, 1.82) is 0 Å². The number of nitrogens with zero attached hydrogens (tertiary/aromatic N) is 1. The van der Waals surface area contributed by atoms with Gasteiger partial charge in [0.15, 0.2) is 0 Å². The second-order valence-corrected chi connectivity index (χ2v) is 6.14. The van der Waals surface area contributed by atoms with Gasteiger partial charge in [-0.2, -0.15) is 0 Å². The topological polar surface area (TPSA) is 48.0 Å². The number of rotatable bonds is 8. The summed E-state index contributed by atoms with van der Waals surface area (Å²) in [5, 5.41) is 0. The van der Waals surface area contributed by atoms with Gasteiger partial charge in [0.1, 0.15) is 12.7 Å². The third-order valence-corrected chi connectivity index (χ3v) is 4.03. The molecule has 1 aliphatic rings. The third kappa shape index (κ3) is 7.04. The Morgan fingerprint density at radius 2 is 1.92 bits per heavy atom. The zero-order valence-corrected chi connectivity index (χ0v) is 14.4. The lowest BCUT2D eigenvalue weighted by Crippen LogP contribution is -2.35. The van der Waals surface area contributed by atoms with Crippen molar-refractivity contribution < 1.29 is 19.0 Å². The molecule has 0 atom stereocenters. The number of carbonyl (C=O) groups excluding carboxylic acids is 1. The lowest BCUT2D eigenvalue weighted by atomic mass is 10.1. The van der Waals surface area contributed by atoms with Crippen LogP contribution in [0.4, 0.5) is 4.79 Å². The van der Waals surface area contributed by atoms with Crippen molar-refractivity contribution in [1.82, 2.24) is 4.90 Å². The standard InChI is InChI=1S/C19H27NO4/c1-16(23-15-17-8-4-3-5-9-17)7-6-14-22-19(21)24-18-10-12-20(2)13-11-18/h3-5,8-9,18H,1,6-7,10-15H2,2H3. The van der Waals surface area contributed by atoms with Crippen LogP contribution in [0.25, 0.3) is 0 Å². The minimum absolute atomic E-state index is 0.0159. The normalized spacial score (nSPS) is 15.7. The highest BCUT2D eigenvalue weighted by molar-refractivity contribution is 5.60. The van der Waals surface area contributed by atoms with E-state index in [-0.39, 0.29) is 6.10 Å². The van der Waals surface area contributed by atoms with Crippen molar-refractivity contribution >= 4 is 6.16 Å². The first-order valence-corrected chi connectivity index (χ1v) is 8.50. The van der Waals surface area contributed by atoms with E-state index in [2.05, 4.69) is 18.5 Å². The first kappa shape index (κ1) is 18.3. The van der Waals surface area contributed by atoms with Gasteiger partial charge in [0.05, 0.1) is 12.4 Å². The van der Waals surface area contributed by atoms with Crippen LogP contribution >= 0.6 is 0 Å². The van der Waals surface area contributed by atoms with E-state index in [4.69, 9.17) is 14.2 Å². The van der Waals surface area contributed by atoms with E-state index >= 15 is 0 Å². The highest BCUT2D eigenvalue weighted by atomic mass is 16.7. The number of benzene rings is 1. The molecule has 24 heavy (non-hydrogen) atoms. The molecule has 2 rings (SSSR count). The zero-order chi connectivity index (χ0) is 17.2. The van der Waals surface area contributed by atoms with Crippen molar-refractivity contribution in [2.24, 2.45) is 0 Å². The SMILES string of the molecule is C=C(CCCOC(=O)OC1CCN(C)CC1)OCc1ccccc1. The largest absolute Gasteiger partial charge is 0.508 e. The molecule has 0 unspecified atom stereocenters. The minimum Gasteiger partial charge on any atom is -0.494 e. The molecule has 0 radical (unpaired) electrons. The summed E-state index contributed by atoms with van der Waals surface area (Å²) in [5.41, 5.74) is 1.11. The molecule has 1 aromatic carbocycles. The molecule has 132 valence electrons. The second-order valence-electron chi connectivity index (χ2n) is 6.14. The van der Waals surface area contributed by atoms with Crippen molar-refractivity contribution in [3.8, 4) is 0 Å². The van der Waals surface area contributed by atoms with E-state index in [0.29, 0.717) is 31.8 Å². The maximum atomic E-state index is 11.6. The average Bonchev–Trinajstić information content (AvgIpc) is 2.60. The molecule has 1 saturated heterocycles. The second kappa shape index (κ2) is 9.98. The number of carbonyl (C=O) groups is 1. The third-order valence-electron chi connectivity index (χ3n) is 4.03.